The molecule has 0 atom stereocenters. The summed E-state index contributed by atoms with van der Waals surface area (Å²) >= 11 is 5.61. The topological polar surface area (TPSA) is 34.1 Å². The Morgan fingerprint density at radius 3 is 1.71 bits per heavy atom. The first kappa shape index (κ1) is 7.63. The van der Waals surface area contributed by atoms with Gasteiger partial charge in [-0.15, -0.1) is 0 Å². The van der Waals surface area contributed by atoms with E-state index < -0.39 is 2.12 Å². The summed E-state index contributed by atoms with van der Waals surface area (Å²) in [6.07, 6.45) is 0.904. The molecule has 0 aliphatic carbocycles. The van der Waals surface area contributed by atoms with Crippen molar-refractivity contribution in [1.82, 2.24) is 0 Å². The second-order valence-electron chi connectivity index (χ2n) is 1.39. The van der Waals surface area contributed by atoms with Crippen LogP contribution in [-0.4, -0.2) is 42.6 Å². The average Bonchev–Trinajstić information content (AvgIpc) is 1.68. The van der Waals surface area contributed by atoms with Crippen LogP contribution in [0.5, 0.6) is 0 Å². The van der Waals surface area contributed by atoms with E-state index in [4.69, 9.17) is 11.6 Å². The van der Waals surface area contributed by atoms with Crippen LogP contribution in [0.1, 0.15) is 0 Å². The molecular formula is C3H2ClNaO2. The van der Waals surface area contributed by atoms with Crippen molar-refractivity contribution in [2.45, 2.75) is 2.12 Å². The summed E-state index contributed by atoms with van der Waals surface area (Å²) in [5.41, 5.74) is 0. The van der Waals surface area contributed by atoms with Crippen LogP contribution in [0.3, 0.4) is 0 Å². The number of carbonyl (C=O) groups is 2. The molecule has 34 valence electrons. The van der Waals surface area contributed by atoms with Crippen molar-refractivity contribution < 1.29 is 9.59 Å². The van der Waals surface area contributed by atoms with E-state index in [2.05, 4.69) is 0 Å². The van der Waals surface area contributed by atoms with Crippen LogP contribution in [0.4, 0.5) is 0 Å². The summed E-state index contributed by atoms with van der Waals surface area (Å²) in [4.78, 5) is 19.5. The number of hydrogen-bond donors (Lipinski definition) is 0. The molecule has 0 heterocycles. The summed E-state index contributed by atoms with van der Waals surface area (Å²) < 4.78 is -1.17. The van der Waals surface area contributed by atoms with Gasteiger partial charge in [0.15, 0.2) is 0 Å². The van der Waals surface area contributed by atoms with Crippen LogP contribution in [0.25, 0.3) is 0 Å². The fourth-order valence-electron chi connectivity index (χ4n) is 0.0278. The maximum absolute atomic E-state index is 9.73. The molecule has 0 bridgehead atoms. The number of alkyl halides is 1. The predicted molar refractivity (Wildman–Crippen MR) is 26.5 cm³/mol. The number of rotatable bonds is 2. The Bertz CT molecular complexity index is 80.9. The van der Waals surface area contributed by atoms with Crippen molar-refractivity contribution in [3.63, 3.8) is 0 Å². The monoisotopic (exact) mass is 128 g/mol. The molecule has 0 amide bonds. The molecule has 0 unspecified atom stereocenters. The molecule has 2 nitrogen and oxygen atoms in total. The molecule has 0 saturated heterocycles. The second kappa shape index (κ2) is 2.82. The maximum atomic E-state index is 9.73. The molecule has 4 heteroatoms. The molecule has 0 aromatic rings. The fourth-order valence-corrected chi connectivity index (χ4v) is 0.0278. The van der Waals surface area contributed by atoms with Gasteiger partial charge >= 0.3 is 63.8 Å². The average molecular weight is 128 g/mol. The Kier molecular flexibility index (Phi) is 3.08. The minimum atomic E-state index is -1.17. The van der Waals surface area contributed by atoms with Crippen molar-refractivity contribution in [2.75, 3.05) is 0 Å². The Morgan fingerprint density at radius 2 is 1.71 bits per heavy atom. The summed E-state index contributed by atoms with van der Waals surface area (Å²) in [6.45, 7) is 0. The summed E-state index contributed by atoms with van der Waals surface area (Å²) in [5.74, 6) is 0. The molecule has 0 aliphatic heterocycles. The van der Waals surface area contributed by atoms with Gasteiger partial charge < -0.3 is 0 Å². The number of hydrogen-bond acceptors (Lipinski definition) is 2. The fraction of sp³-hybridized carbons (Fsp3) is 0.333. The first-order chi connectivity index (χ1) is 3.12. The van der Waals surface area contributed by atoms with Gasteiger partial charge in [-0.05, 0) is 0 Å². The van der Waals surface area contributed by atoms with Gasteiger partial charge in [0.25, 0.3) is 0 Å². The van der Waals surface area contributed by atoms with Crippen LogP contribution in [-0.2, 0) is 9.59 Å². The molecule has 0 aromatic carbocycles. The van der Waals surface area contributed by atoms with Gasteiger partial charge in [-0.25, -0.2) is 0 Å². The molecule has 7 heavy (non-hydrogen) atoms. The van der Waals surface area contributed by atoms with Gasteiger partial charge in [-0.3, -0.25) is 0 Å². The van der Waals surface area contributed by atoms with Gasteiger partial charge in [0.1, 0.15) is 0 Å². The molecule has 0 aromatic heterocycles. The number of carbonyl (C=O) groups excluding carboxylic acids is 2. The quantitative estimate of drug-likeness (QED) is 0.217. The molecule has 0 saturated carbocycles. The van der Waals surface area contributed by atoms with E-state index in [0.29, 0.717) is 40.5 Å². The van der Waals surface area contributed by atoms with Crippen molar-refractivity contribution >= 4 is 52.1 Å². The van der Waals surface area contributed by atoms with Crippen LogP contribution in [0.15, 0.2) is 0 Å². The normalized spacial score (nSPS) is 10.7. The first-order valence-electron chi connectivity index (χ1n) is 1.74. The Labute approximate surface area is 63.6 Å². The van der Waals surface area contributed by atoms with E-state index in [0.717, 1.165) is 0 Å². The molecule has 0 radical (unpaired) electrons. The molecule has 0 fully saturated rings. The van der Waals surface area contributed by atoms with Crippen molar-refractivity contribution in [1.29, 1.82) is 0 Å². The summed E-state index contributed by atoms with van der Waals surface area (Å²) in [7, 11) is 0. The Balaban J connectivity index is 3.82. The third-order valence-electron chi connectivity index (χ3n) is 0.461. The van der Waals surface area contributed by atoms with Crippen LogP contribution >= 0.6 is 11.6 Å². The minimum absolute atomic E-state index is 0.379. The predicted octanol–water partition coefficient (Wildman–Crippen LogP) is -0.512. The zero-order valence-electron chi connectivity index (χ0n) is 3.85. The summed E-state index contributed by atoms with van der Waals surface area (Å²) in [6, 6.07) is 0. The number of aldehydes is 2. The number of halogens is 1. The molecule has 0 spiro atoms. The van der Waals surface area contributed by atoms with E-state index in [1.807, 2.05) is 0 Å². The second-order valence-corrected chi connectivity index (χ2v) is 4.49. The van der Waals surface area contributed by atoms with E-state index in [-0.39, 0.29) is 0 Å². The van der Waals surface area contributed by atoms with Gasteiger partial charge in [0.2, 0.25) is 0 Å². The standard InChI is InChI=1S/C3H2ClO2.Na/c4-3(1-5)2-6;/h1-2H;. The zero-order valence-corrected chi connectivity index (χ0v) is 6.61. The molecule has 0 N–H and O–H groups in total. The molecule has 0 rings (SSSR count). The van der Waals surface area contributed by atoms with Crippen LogP contribution in [0, 0.1) is 0 Å². The van der Waals surface area contributed by atoms with Crippen molar-refractivity contribution in [2.24, 2.45) is 0 Å². The Morgan fingerprint density at radius 1 is 1.43 bits per heavy atom. The summed E-state index contributed by atoms with van der Waals surface area (Å²) in [5, 5.41) is 0. The Hall–Kier alpha value is 0.630. The molecule has 0 aliphatic rings. The van der Waals surface area contributed by atoms with E-state index >= 15 is 0 Å². The van der Waals surface area contributed by atoms with Crippen LogP contribution < -0.4 is 0 Å². The van der Waals surface area contributed by atoms with Crippen LogP contribution in [0.2, 0.25) is 0 Å². The SMILES string of the molecule is O=C[C]([Na])(Cl)C=O. The van der Waals surface area contributed by atoms with Gasteiger partial charge in [-0.1, -0.05) is 0 Å². The van der Waals surface area contributed by atoms with E-state index in [9.17, 15) is 9.59 Å². The van der Waals surface area contributed by atoms with Gasteiger partial charge in [0.05, 0.1) is 0 Å². The van der Waals surface area contributed by atoms with E-state index in [1.165, 1.54) is 0 Å². The van der Waals surface area contributed by atoms with Gasteiger partial charge in [0, 0.05) is 0 Å². The third-order valence-corrected chi connectivity index (χ3v) is 1.11. The van der Waals surface area contributed by atoms with Crippen molar-refractivity contribution in [3.05, 3.63) is 0 Å². The van der Waals surface area contributed by atoms with Crippen molar-refractivity contribution in [3.8, 4) is 0 Å². The van der Waals surface area contributed by atoms with Gasteiger partial charge in [-0.2, -0.15) is 0 Å². The molecular weight excluding hydrogens is 126 g/mol. The zero-order chi connectivity index (χ0) is 5.91. The van der Waals surface area contributed by atoms with E-state index in [1.54, 1.807) is 0 Å². The first-order valence-corrected chi connectivity index (χ1v) is 3.12. The third kappa shape index (κ3) is 3.23.